The standard InChI is InChI=1S/C21H24N4O5/c1-13(26)14-5-4-6-15(11-14)22-20(28)23-16-7-8-18-17(12-16)19(27)25(9-10-30-3)21(29)24(18)2/h4-8,11-12,21,29H,9-10H2,1-3H3,(H2,22,23,28). The number of ether oxygens (including phenoxy) is 1. The molecule has 0 fully saturated rings. The Morgan fingerprint density at radius 3 is 2.50 bits per heavy atom. The number of carbonyl (C=O) groups excluding carboxylic acids is 3. The van der Waals surface area contributed by atoms with Gasteiger partial charge in [-0.15, -0.1) is 0 Å². The second kappa shape index (κ2) is 8.93. The average molecular weight is 412 g/mol. The molecular formula is C21H24N4O5. The molecule has 3 amide bonds. The lowest BCUT2D eigenvalue weighted by atomic mass is 10.1. The second-order valence-electron chi connectivity index (χ2n) is 6.90. The van der Waals surface area contributed by atoms with Crippen LogP contribution in [0.3, 0.4) is 0 Å². The van der Waals surface area contributed by atoms with Gasteiger partial charge in [-0.1, -0.05) is 12.1 Å². The molecule has 3 N–H and O–H groups in total. The van der Waals surface area contributed by atoms with Gasteiger partial charge >= 0.3 is 6.03 Å². The van der Waals surface area contributed by atoms with Gasteiger partial charge in [0.05, 0.1) is 17.9 Å². The maximum absolute atomic E-state index is 12.8. The van der Waals surface area contributed by atoms with Gasteiger partial charge in [0.15, 0.2) is 5.78 Å². The number of urea groups is 1. The number of benzene rings is 2. The molecule has 1 atom stereocenters. The van der Waals surface area contributed by atoms with E-state index in [4.69, 9.17) is 4.74 Å². The molecule has 0 bridgehead atoms. The zero-order valence-electron chi connectivity index (χ0n) is 17.0. The Kier molecular flexibility index (Phi) is 6.34. The van der Waals surface area contributed by atoms with E-state index in [0.29, 0.717) is 28.2 Å². The minimum Gasteiger partial charge on any atom is -0.383 e. The van der Waals surface area contributed by atoms with Gasteiger partial charge in [0.25, 0.3) is 5.91 Å². The third-order valence-corrected chi connectivity index (χ3v) is 4.81. The van der Waals surface area contributed by atoms with Gasteiger partial charge in [0.1, 0.15) is 0 Å². The van der Waals surface area contributed by atoms with E-state index in [9.17, 15) is 19.5 Å². The number of anilines is 3. The Labute approximate surface area is 174 Å². The van der Waals surface area contributed by atoms with Crippen LogP contribution in [0.1, 0.15) is 27.6 Å². The zero-order chi connectivity index (χ0) is 21.8. The molecule has 0 spiro atoms. The lowest BCUT2D eigenvalue weighted by Gasteiger charge is -2.40. The molecule has 0 aromatic heterocycles. The van der Waals surface area contributed by atoms with Crippen molar-refractivity contribution in [3.63, 3.8) is 0 Å². The molecule has 2 aromatic carbocycles. The SMILES string of the molecule is COCCN1C(=O)c2cc(NC(=O)Nc3cccc(C(C)=O)c3)ccc2N(C)C1O. The molecule has 0 saturated carbocycles. The van der Waals surface area contributed by atoms with Crippen molar-refractivity contribution in [2.75, 3.05) is 42.8 Å². The van der Waals surface area contributed by atoms with E-state index in [1.807, 2.05) is 0 Å². The largest absolute Gasteiger partial charge is 0.383 e. The van der Waals surface area contributed by atoms with E-state index in [-0.39, 0.29) is 24.8 Å². The summed E-state index contributed by atoms with van der Waals surface area (Å²) in [6.45, 7) is 1.96. The van der Waals surface area contributed by atoms with Crippen molar-refractivity contribution in [3.8, 4) is 0 Å². The fourth-order valence-corrected chi connectivity index (χ4v) is 3.20. The van der Waals surface area contributed by atoms with Crippen LogP contribution in [0.15, 0.2) is 42.5 Å². The minimum absolute atomic E-state index is 0.100. The summed E-state index contributed by atoms with van der Waals surface area (Å²) in [4.78, 5) is 39.6. The van der Waals surface area contributed by atoms with Crippen molar-refractivity contribution < 1.29 is 24.2 Å². The topological polar surface area (TPSA) is 111 Å². The van der Waals surface area contributed by atoms with Crippen LogP contribution in [0.2, 0.25) is 0 Å². The first-order valence-corrected chi connectivity index (χ1v) is 9.35. The first kappa shape index (κ1) is 21.3. The first-order valence-electron chi connectivity index (χ1n) is 9.35. The number of hydrogen-bond acceptors (Lipinski definition) is 6. The summed E-state index contributed by atoms with van der Waals surface area (Å²) in [6, 6.07) is 11.0. The Morgan fingerprint density at radius 2 is 1.83 bits per heavy atom. The highest BCUT2D eigenvalue weighted by molar-refractivity contribution is 6.05. The molecule has 9 heteroatoms. The van der Waals surface area contributed by atoms with Gasteiger partial charge in [-0.05, 0) is 37.3 Å². The minimum atomic E-state index is -1.10. The molecule has 3 rings (SSSR count). The molecule has 0 aliphatic carbocycles. The molecule has 1 unspecified atom stereocenters. The van der Waals surface area contributed by atoms with Crippen molar-refractivity contribution in [2.45, 2.75) is 13.3 Å². The van der Waals surface area contributed by atoms with Gasteiger partial charge in [-0.25, -0.2) is 4.79 Å². The van der Waals surface area contributed by atoms with Gasteiger partial charge in [-0.2, -0.15) is 0 Å². The number of methoxy groups -OCH3 is 1. The number of hydrogen-bond donors (Lipinski definition) is 3. The monoisotopic (exact) mass is 412 g/mol. The molecule has 1 heterocycles. The van der Waals surface area contributed by atoms with Crippen LogP contribution in [0.25, 0.3) is 0 Å². The lowest BCUT2D eigenvalue weighted by molar-refractivity contribution is -0.00495. The molecule has 9 nitrogen and oxygen atoms in total. The van der Waals surface area contributed by atoms with E-state index in [1.54, 1.807) is 54.4 Å². The fraction of sp³-hybridized carbons (Fsp3) is 0.286. The number of ketones is 1. The third kappa shape index (κ3) is 4.42. The Morgan fingerprint density at radius 1 is 1.13 bits per heavy atom. The number of nitrogens with zero attached hydrogens (tertiary/aromatic N) is 2. The maximum atomic E-state index is 12.8. The van der Waals surface area contributed by atoms with Crippen LogP contribution in [0, 0.1) is 0 Å². The molecule has 2 aromatic rings. The molecule has 0 saturated heterocycles. The number of aliphatic hydroxyl groups excluding tert-OH is 1. The van der Waals surface area contributed by atoms with Crippen molar-refractivity contribution in [3.05, 3.63) is 53.6 Å². The summed E-state index contributed by atoms with van der Waals surface area (Å²) in [5, 5.41) is 15.7. The summed E-state index contributed by atoms with van der Waals surface area (Å²) in [5.41, 5.74) is 2.29. The first-order chi connectivity index (χ1) is 14.3. The fourth-order valence-electron chi connectivity index (χ4n) is 3.20. The van der Waals surface area contributed by atoms with Crippen molar-refractivity contribution in [1.82, 2.24) is 4.90 Å². The molecule has 1 aliphatic heterocycles. The normalized spacial score (nSPS) is 15.6. The number of rotatable bonds is 6. The quantitative estimate of drug-likeness (QED) is 0.628. The Hall–Kier alpha value is -3.43. The Bertz CT molecular complexity index is 978. The van der Waals surface area contributed by atoms with Crippen molar-refractivity contribution >= 4 is 34.8 Å². The molecule has 0 radical (unpaired) electrons. The highest BCUT2D eigenvalue weighted by atomic mass is 16.5. The van der Waals surface area contributed by atoms with Gasteiger partial charge in [0.2, 0.25) is 6.35 Å². The van der Waals surface area contributed by atoms with E-state index in [2.05, 4.69) is 10.6 Å². The van der Waals surface area contributed by atoms with Crippen molar-refractivity contribution in [1.29, 1.82) is 0 Å². The predicted octanol–water partition coefficient (Wildman–Crippen LogP) is 2.35. The summed E-state index contributed by atoms with van der Waals surface area (Å²) in [5.74, 6) is -0.456. The third-order valence-electron chi connectivity index (χ3n) is 4.81. The van der Waals surface area contributed by atoms with Crippen molar-refractivity contribution in [2.24, 2.45) is 0 Å². The van der Waals surface area contributed by atoms with E-state index in [0.717, 1.165) is 0 Å². The van der Waals surface area contributed by atoms with Gasteiger partial charge in [0, 0.05) is 37.6 Å². The van der Waals surface area contributed by atoms with E-state index in [1.165, 1.54) is 18.9 Å². The number of amides is 3. The molecular weight excluding hydrogens is 388 g/mol. The van der Waals surface area contributed by atoms with Gasteiger partial charge in [-0.3, -0.25) is 14.5 Å². The summed E-state index contributed by atoms with van der Waals surface area (Å²) < 4.78 is 5.01. The average Bonchev–Trinajstić information content (AvgIpc) is 2.72. The van der Waals surface area contributed by atoms with Crippen LogP contribution in [-0.2, 0) is 4.74 Å². The number of carbonyl (C=O) groups is 3. The van der Waals surface area contributed by atoms with E-state index >= 15 is 0 Å². The highest BCUT2D eigenvalue weighted by Gasteiger charge is 2.34. The van der Waals surface area contributed by atoms with Crippen LogP contribution in [0.5, 0.6) is 0 Å². The summed E-state index contributed by atoms with van der Waals surface area (Å²) in [7, 11) is 3.20. The van der Waals surface area contributed by atoms with Crippen LogP contribution in [0.4, 0.5) is 21.9 Å². The van der Waals surface area contributed by atoms with E-state index < -0.39 is 12.4 Å². The number of fused-ring (bicyclic) bond motifs is 1. The summed E-state index contributed by atoms with van der Waals surface area (Å²) in [6.07, 6.45) is -1.10. The predicted molar refractivity (Wildman–Crippen MR) is 113 cm³/mol. The van der Waals surface area contributed by atoms with Gasteiger partial charge < -0.3 is 25.4 Å². The maximum Gasteiger partial charge on any atom is 0.323 e. The molecule has 1 aliphatic rings. The molecule has 158 valence electrons. The Balaban J connectivity index is 1.77. The lowest BCUT2D eigenvalue weighted by Crippen LogP contribution is -2.54. The number of Topliss-reactive ketones (excluding diaryl/α,β-unsaturated/α-hetero) is 1. The molecule has 30 heavy (non-hydrogen) atoms. The summed E-state index contributed by atoms with van der Waals surface area (Å²) >= 11 is 0. The smallest absolute Gasteiger partial charge is 0.323 e. The highest BCUT2D eigenvalue weighted by Crippen LogP contribution is 2.31. The van der Waals surface area contributed by atoms with Crippen LogP contribution < -0.4 is 15.5 Å². The number of aliphatic hydroxyl groups is 1. The van der Waals surface area contributed by atoms with Crippen LogP contribution in [-0.4, -0.2) is 61.4 Å². The second-order valence-corrected chi connectivity index (χ2v) is 6.90. The number of nitrogens with one attached hydrogen (secondary N) is 2. The zero-order valence-corrected chi connectivity index (χ0v) is 17.0. The van der Waals surface area contributed by atoms with Crippen LogP contribution >= 0.6 is 0 Å².